The number of piperidine rings is 1. The third-order valence-electron chi connectivity index (χ3n) is 2.76. The van der Waals surface area contributed by atoms with Gasteiger partial charge in [0.05, 0.1) is 6.04 Å². The highest BCUT2D eigenvalue weighted by Gasteiger charge is 2.40. The molecule has 96 valence electrons. The monoisotopic (exact) mass is 242 g/mol. The van der Waals surface area contributed by atoms with Crippen LogP contribution in [0.4, 0.5) is 9.59 Å². The van der Waals surface area contributed by atoms with Crippen LogP contribution in [0.5, 0.6) is 0 Å². The highest BCUT2D eigenvalue weighted by molar-refractivity contribution is 5.72. The molecule has 2 rings (SSSR count). The highest BCUT2D eigenvalue weighted by Crippen LogP contribution is 2.21. The van der Waals surface area contributed by atoms with E-state index >= 15 is 0 Å². The van der Waals surface area contributed by atoms with Crippen molar-refractivity contribution in [2.24, 2.45) is 0 Å². The summed E-state index contributed by atoms with van der Waals surface area (Å²) >= 11 is 0. The average Bonchev–Trinajstić information content (AvgIpc) is 2.53. The molecule has 0 saturated carbocycles. The van der Waals surface area contributed by atoms with Gasteiger partial charge in [-0.1, -0.05) is 0 Å². The molecule has 2 amide bonds. The van der Waals surface area contributed by atoms with E-state index in [1.54, 1.807) is 4.90 Å². The lowest BCUT2D eigenvalue weighted by atomic mass is 10.0. The Labute approximate surface area is 100 Å². The molecule has 2 aliphatic rings. The molecule has 6 heteroatoms. The molecule has 2 heterocycles. The standard InChI is InChI=1S/C11H18N2O4/c1-11(2,3)17-10(15)13-5-4-8-7(6-13)12-9(14)16-8/h7-8H,4-6H2,1-3H3,(H,12,14)/t7-,8+/m1/s1. The van der Waals surface area contributed by atoms with Crippen LogP contribution < -0.4 is 5.32 Å². The third-order valence-corrected chi connectivity index (χ3v) is 2.76. The number of fused-ring (bicyclic) bond motifs is 1. The van der Waals surface area contributed by atoms with Crippen molar-refractivity contribution in [3.8, 4) is 0 Å². The van der Waals surface area contributed by atoms with E-state index in [-0.39, 0.29) is 18.2 Å². The van der Waals surface area contributed by atoms with Crippen molar-refractivity contribution < 1.29 is 19.1 Å². The van der Waals surface area contributed by atoms with E-state index in [0.717, 1.165) is 0 Å². The van der Waals surface area contributed by atoms with Crippen LogP contribution in [0.25, 0.3) is 0 Å². The first-order valence-corrected chi connectivity index (χ1v) is 5.80. The summed E-state index contributed by atoms with van der Waals surface area (Å²) in [5, 5.41) is 2.69. The molecular weight excluding hydrogens is 224 g/mol. The van der Waals surface area contributed by atoms with Crippen LogP contribution >= 0.6 is 0 Å². The van der Waals surface area contributed by atoms with Gasteiger partial charge >= 0.3 is 12.2 Å². The van der Waals surface area contributed by atoms with Gasteiger partial charge in [-0.15, -0.1) is 0 Å². The summed E-state index contributed by atoms with van der Waals surface area (Å²) in [6, 6.07) is -0.108. The Hall–Kier alpha value is -1.46. The SMILES string of the molecule is CC(C)(C)OC(=O)N1CC[C@@H]2OC(=O)N[C@@H]2C1. The number of ether oxygens (including phenoxy) is 2. The van der Waals surface area contributed by atoms with Gasteiger partial charge in [-0.25, -0.2) is 9.59 Å². The topological polar surface area (TPSA) is 67.9 Å². The second-order valence-electron chi connectivity index (χ2n) is 5.41. The first kappa shape index (κ1) is 12.0. The van der Waals surface area contributed by atoms with Gasteiger partial charge in [-0.3, -0.25) is 0 Å². The maximum absolute atomic E-state index is 11.8. The van der Waals surface area contributed by atoms with Crippen LogP contribution in [0.3, 0.4) is 0 Å². The second-order valence-corrected chi connectivity index (χ2v) is 5.41. The number of carbonyl (C=O) groups excluding carboxylic acids is 2. The van der Waals surface area contributed by atoms with E-state index in [1.165, 1.54) is 0 Å². The molecule has 0 bridgehead atoms. The Kier molecular flexibility index (Phi) is 2.89. The number of likely N-dealkylation sites (tertiary alicyclic amines) is 1. The number of alkyl carbamates (subject to hydrolysis) is 1. The maximum atomic E-state index is 11.8. The number of nitrogens with zero attached hydrogens (tertiary/aromatic N) is 1. The summed E-state index contributed by atoms with van der Waals surface area (Å²) in [6.45, 7) is 6.50. The van der Waals surface area contributed by atoms with Gasteiger partial charge in [-0.2, -0.15) is 0 Å². The van der Waals surface area contributed by atoms with Gasteiger partial charge in [0.2, 0.25) is 0 Å². The Morgan fingerprint density at radius 1 is 1.53 bits per heavy atom. The predicted octanol–water partition coefficient (Wildman–Crippen LogP) is 1.10. The van der Waals surface area contributed by atoms with Crippen molar-refractivity contribution in [1.29, 1.82) is 0 Å². The Bertz CT molecular complexity index is 337. The molecule has 0 aromatic carbocycles. The van der Waals surface area contributed by atoms with E-state index in [9.17, 15) is 9.59 Å². The Morgan fingerprint density at radius 3 is 2.88 bits per heavy atom. The quantitative estimate of drug-likeness (QED) is 0.690. The normalized spacial score (nSPS) is 28.2. The van der Waals surface area contributed by atoms with Crippen LogP contribution in [-0.4, -0.2) is 47.9 Å². The van der Waals surface area contributed by atoms with Crippen LogP contribution in [0.15, 0.2) is 0 Å². The van der Waals surface area contributed by atoms with Gasteiger partial charge in [0.25, 0.3) is 0 Å². The van der Waals surface area contributed by atoms with Crippen LogP contribution in [0.1, 0.15) is 27.2 Å². The summed E-state index contributed by atoms with van der Waals surface area (Å²) in [5.41, 5.74) is -0.497. The number of nitrogens with one attached hydrogen (secondary N) is 1. The van der Waals surface area contributed by atoms with E-state index < -0.39 is 11.7 Å². The molecule has 17 heavy (non-hydrogen) atoms. The molecule has 0 aromatic heterocycles. The first-order valence-electron chi connectivity index (χ1n) is 5.80. The molecule has 6 nitrogen and oxygen atoms in total. The highest BCUT2D eigenvalue weighted by atomic mass is 16.6. The van der Waals surface area contributed by atoms with Gasteiger partial charge in [0, 0.05) is 19.5 Å². The molecule has 2 fully saturated rings. The zero-order valence-electron chi connectivity index (χ0n) is 10.4. The smallest absolute Gasteiger partial charge is 0.410 e. The Balaban J connectivity index is 1.92. The first-order chi connectivity index (χ1) is 7.85. The molecule has 0 radical (unpaired) electrons. The summed E-state index contributed by atoms with van der Waals surface area (Å²) in [5.74, 6) is 0. The predicted molar refractivity (Wildman–Crippen MR) is 59.6 cm³/mol. The van der Waals surface area contributed by atoms with Gasteiger partial charge in [-0.05, 0) is 20.8 Å². The lowest BCUT2D eigenvalue weighted by molar-refractivity contribution is 0.0105. The fourth-order valence-corrected chi connectivity index (χ4v) is 2.03. The van der Waals surface area contributed by atoms with Crippen molar-refractivity contribution >= 4 is 12.2 Å². The molecule has 0 aromatic rings. The molecule has 0 aliphatic carbocycles. The van der Waals surface area contributed by atoms with Gasteiger partial charge in [0.15, 0.2) is 0 Å². The minimum absolute atomic E-state index is 0.108. The van der Waals surface area contributed by atoms with Gasteiger partial charge in [0.1, 0.15) is 11.7 Å². The lowest BCUT2D eigenvalue weighted by Gasteiger charge is -2.34. The fourth-order valence-electron chi connectivity index (χ4n) is 2.03. The second kappa shape index (κ2) is 4.09. The molecule has 2 atom stereocenters. The molecule has 2 saturated heterocycles. The molecule has 2 aliphatic heterocycles. The van der Waals surface area contributed by atoms with Crippen molar-refractivity contribution in [3.63, 3.8) is 0 Å². The van der Waals surface area contributed by atoms with E-state index in [4.69, 9.17) is 9.47 Å². The fraction of sp³-hybridized carbons (Fsp3) is 0.818. The minimum Gasteiger partial charge on any atom is -0.444 e. The number of hydrogen-bond acceptors (Lipinski definition) is 4. The summed E-state index contributed by atoms with van der Waals surface area (Å²) in [6.07, 6.45) is -0.188. The number of hydrogen-bond donors (Lipinski definition) is 1. The lowest BCUT2D eigenvalue weighted by Crippen LogP contribution is -2.52. The van der Waals surface area contributed by atoms with E-state index in [0.29, 0.717) is 19.5 Å². The number of rotatable bonds is 0. The van der Waals surface area contributed by atoms with Crippen LogP contribution in [0.2, 0.25) is 0 Å². The summed E-state index contributed by atoms with van der Waals surface area (Å²) < 4.78 is 10.4. The number of amides is 2. The maximum Gasteiger partial charge on any atom is 0.410 e. The van der Waals surface area contributed by atoms with E-state index in [2.05, 4.69) is 5.32 Å². The molecular formula is C11H18N2O4. The van der Waals surface area contributed by atoms with Crippen molar-refractivity contribution in [2.75, 3.05) is 13.1 Å². The summed E-state index contributed by atoms with van der Waals surface area (Å²) in [7, 11) is 0. The van der Waals surface area contributed by atoms with Crippen molar-refractivity contribution in [2.45, 2.75) is 44.9 Å². The molecule has 1 N–H and O–H groups in total. The zero-order chi connectivity index (χ0) is 12.6. The summed E-state index contributed by atoms with van der Waals surface area (Å²) in [4.78, 5) is 24.5. The van der Waals surface area contributed by atoms with Crippen LogP contribution in [-0.2, 0) is 9.47 Å². The zero-order valence-corrected chi connectivity index (χ0v) is 10.4. The van der Waals surface area contributed by atoms with Gasteiger partial charge < -0.3 is 19.7 Å². The van der Waals surface area contributed by atoms with E-state index in [1.807, 2.05) is 20.8 Å². The van der Waals surface area contributed by atoms with Crippen molar-refractivity contribution in [1.82, 2.24) is 10.2 Å². The molecule has 0 spiro atoms. The third kappa shape index (κ3) is 2.81. The van der Waals surface area contributed by atoms with Crippen LogP contribution in [0, 0.1) is 0 Å². The number of carbonyl (C=O) groups is 2. The Morgan fingerprint density at radius 2 is 2.24 bits per heavy atom. The minimum atomic E-state index is -0.497. The average molecular weight is 242 g/mol. The largest absolute Gasteiger partial charge is 0.444 e. The molecule has 0 unspecified atom stereocenters. The van der Waals surface area contributed by atoms with Crippen molar-refractivity contribution in [3.05, 3.63) is 0 Å².